The molecule has 0 radical (unpaired) electrons. The van der Waals surface area contributed by atoms with Crippen molar-refractivity contribution in [1.29, 1.82) is 0 Å². The van der Waals surface area contributed by atoms with Crippen molar-refractivity contribution in [3.05, 3.63) is 0 Å². The van der Waals surface area contributed by atoms with Crippen LogP contribution in [-0.4, -0.2) is 70.1 Å². The lowest BCUT2D eigenvalue weighted by Crippen LogP contribution is -2.48. The lowest BCUT2D eigenvalue weighted by molar-refractivity contribution is -0.113. The van der Waals surface area contributed by atoms with Crippen molar-refractivity contribution >= 4 is 0 Å². The van der Waals surface area contributed by atoms with Crippen LogP contribution in [0.4, 0.5) is 0 Å². The molecule has 0 aliphatic rings. The minimum absolute atomic E-state index is 0.0936. The first kappa shape index (κ1) is 12.8. The van der Waals surface area contributed by atoms with Crippen LogP contribution in [0.3, 0.4) is 0 Å². The zero-order valence-electron chi connectivity index (χ0n) is 7.46. The van der Waals surface area contributed by atoms with E-state index in [9.17, 15) is 5.11 Å². The molecule has 0 rings (SSSR count). The molecule has 0 spiro atoms. The molecule has 0 unspecified atom stereocenters. The second-order valence-electron chi connectivity index (χ2n) is 2.86. The second kappa shape index (κ2) is 6.25. The summed E-state index contributed by atoms with van der Waals surface area (Å²) in [6.07, 6.45) is -5.65. The van der Waals surface area contributed by atoms with Crippen LogP contribution in [0.2, 0.25) is 0 Å². The maximum Gasteiger partial charge on any atom is 0.111 e. The fraction of sp³-hybridized carbons (Fsp3) is 1.00. The van der Waals surface area contributed by atoms with Crippen LogP contribution in [0.5, 0.6) is 0 Å². The Morgan fingerprint density at radius 2 is 1.46 bits per heavy atom. The van der Waals surface area contributed by atoms with E-state index in [0.717, 1.165) is 0 Å². The monoisotopic (exact) mass is 195 g/mol. The molecular formula is C7H17NO5. The number of nitrogens with one attached hydrogen (secondary N) is 1. The Balaban J connectivity index is 3.99. The predicted molar refractivity (Wildman–Crippen MR) is 45.0 cm³/mol. The summed E-state index contributed by atoms with van der Waals surface area (Å²) in [6, 6.07) is 0. The average Bonchev–Trinajstić information content (AvgIpc) is 2.14. The van der Waals surface area contributed by atoms with Crippen LogP contribution in [0.25, 0.3) is 0 Å². The molecule has 0 aromatic rings. The van der Waals surface area contributed by atoms with E-state index in [1.165, 1.54) is 0 Å². The normalized spacial score (nSPS) is 20.8. The topological polar surface area (TPSA) is 113 Å². The summed E-state index contributed by atoms with van der Waals surface area (Å²) < 4.78 is 0. The van der Waals surface area contributed by atoms with Crippen molar-refractivity contribution in [3.8, 4) is 0 Å². The van der Waals surface area contributed by atoms with Crippen LogP contribution in [0, 0.1) is 0 Å². The molecular weight excluding hydrogens is 178 g/mol. The van der Waals surface area contributed by atoms with E-state index >= 15 is 0 Å². The van der Waals surface area contributed by atoms with Gasteiger partial charge in [0.25, 0.3) is 0 Å². The van der Waals surface area contributed by atoms with Gasteiger partial charge in [0.05, 0.1) is 12.7 Å². The zero-order chi connectivity index (χ0) is 10.4. The summed E-state index contributed by atoms with van der Waals surface area (Å²) in [5, 5.41) is 47.5. The third kappa shape index (κ3) is 3.99. The molecule has 0 saturated carbocycles. The largest absolute Gasteiger partial charge is 0.394 e. The minimum Gasteiger partial charge on any atom is -0.394 e. The lowest BCUT2D eigenvalue weighted by Gasteiger charge is -2.25. The molecule has 6 heteroatoms. The van der Waals surface area contributed by atoms with Gasteiger partial charge in [-0.25, -0.2) is 0 Å². The van der Waals surface area contributed by atoms with Crippen LogP contribution >= 0.6 is 0 Å². The van der Waals surface area contributed by atoms with Crippen molar-refractivity contribution in [2.75, 3.05) is 20.2 Å². The van der Waals surface area contributed by atoms with Crippen LogP contribution in [0.15, 0.2) is 0 Å². The first-order valence-electron chi connectivity index (χ1n) is 4.02. The summed E-state index contributed by atoms with van der Waals surface area (Å²) in [4.78, 5) is 0. The summed E-state index contributed by atoms with van der Waals surface area (Å²) in [5.74, 6) is 0. The smallest absolute Gasteiger partial charge is 0.111 e. The van der Waals surface area contributed by atoms with Crippen LogP contribution in [0.1, 0.15) is 0 Å². The van der Waals surface area contributed by atoms with E-state index in [1.54, 1.807) is 7.05 Å². The van der Waals surface area contributed by atoms with E-state index in [0.29, 0.717) is 0 Å². The van der Waals surface area contributed by atoms with Gasteiger partial charge in [-0.05, 0) is 7.05 Å². The molecule has 0 heterocycles. The Bertz CT molecular complexity index is 134. The summed E-state index contributed by atoms with van der Waals surface area (Å²) in [6.45, 7) is -0.569. The van der Waals surface area contributed by atoms with Crippen molar-refractivity contribution in [1.82, 2.24) is 5.32 Å². The first-order valence-corrected chi connectivity index (χ1v) is 4.02. The number of aliphatic hydroxyl groups is 5. The maximum atomic E-state index is 9.21. The molecule has 0 aromatic heterocycles. The van der Waals surface area contributed by atoms with Gasteiger partial charge < -0.3 is 30.8 Å². The van der Waals surface area contributed by atoms with Crippen molar-refractivity contribution < 1.29 is 25.5 Å². The summed E-state index contributed by atoms with van der Waals surface area (Å²) in [7, 11) is 1.57. The molecule has 6 nitrogen and oxygen atoms in total. The standard InChI is InChI=1S/C7H17NO5/c1-8-2-4(10)6(12)7(13)5(11)3-9/h4-13H,2-3H2,1H3/t4-,5+,6+,7+/m1/s1. The van der Waals surface area contributed by atoms with Crippen molar-refractivity contribution in [3.63, 3.8) is 0 Å². The molecule has 0 amide bonds. The highest BCUT2D eigenvalue weighted by Gasteiger charge is 2.29. The number of hydrogen-bond acceptors (Lipinski definition) is 6. The number of hydrogen-bond donors (Lipinski definition) is 6. The van der Waals surface area contributed by atoms with Gasteiger partial charge in [-0.2, -0.15) is 0 Å². The molecule has 13 heavy (non-hydrogen) atoms. The van der Waals surface area contributed by atoms with Gasteiger partial charge in [0, 0.05) is 6.54 Å². The van der Waals surface area contributed by atoms with Crippen molar-refractivity contribution in [2.45, 2.75) is 24.4 Å². The highest BCUT2D eigenvalue weighted by molar-refractivity contribution is 4.81. The van der Waals surface area contributed by atoms with Crippen LogP contribution < -0.4 is 5.32 Å². The Hall–Kier alpha value is -0.240. The Kier molecular flexibility index (Phi) is 6.13. The maximum absolute atomic E-state index is 9.21. The molecule has 0 aliphatic heterocycles. The molecule has 0 aliphatic carbocycles. The van der Waals surface area contributed by atoms with Gasteiger partial charge in [0.15, 0.2) is 0 Å². The average molecular weight is 195 g/mol. The van der Waals surface area contributed by atoms with E-state index in [4.69, 9.17) is 20.4 Å². The SMILES string of the molecule is CNC[C@@H](O)[C@H](O)[C@@H](O)[C@@H](O)CO. The molecule has 0 bridgehead atoms. The molecule has 0 aromatic carbocycles. The third-order valence-electron chi connectivity index (χ3n) is 1.74. The molecule has 80 valence electrons. The fourth-order valence-corrected chi connectivity index (χ4v) is 0.893. The van der Waals surface area contributed by atoms with Gasteiger partial charge >= 0.3 is 0 Å². The fourth-order valence-electron chi connectivity index (χ4n) is 0.893. The molecule has 0 saturated heterocycles. The second-order valence-corrected chi connectivity index (χ2v) is 2.86. The molecule has 4 atom stereocenters. The molecule has 0 fully saturated rings. The minimum atomic E-state index is -1.55. The molecule has 6 N–H and O–H groups in total. The third-order valence-corrected chi connectivity index (χ3v) is 1.74. The Morgan fingerprint density at radius 1 is 1.00 bits per heavy atom. The Morgan fingerprint density at radius 3 is 1.85 bits per heavy atom. The number of rotatable bonds is 6. The van der Waals surface area contributed by atoms with Crippen molar-refractivity contribution in [2.24, 2.45) is 0 Å². The van der Waals surface area contributed by atoms with Gasteiger partial charge in [-0.1, -0.05) is 0 Å². The van der Waals surface area contributed by atoms with Gasteiger partial charge in [-0.3, -0.25) is 0 Å². The predicted octanol–water partition coefficient (Wildman–Crippen LogP) is -3.36. The lowest BCUT2D eigenvalue weighted by atomic mass is 10.0. The summed E-state index contributed by atoms with van der Waals surface area (Å²) in [5.41, 5.74) is 0. The van der Waals surface area contributed by atoms with E-state index in [-0.39, 0.29) is 6.54 Å². The Labute approximate surface area is 76.4 Å². The quantitative estimate of drug-likeness (QED) is 0.264. The highest BCUT2D eigenvalue weighted by Crippen LogP contribution is 2.04. The van der Waals surface area contributed by atoms with Gasteiger partial charge in [-0.15, -0.1) is 0 Å². The first-order chi connectivity index (χ1) is 6.04. The van der Waals surface area contributed by atoms with E-state index < -0.39 is 31.0 Å². The number of likely N-dealkylation sites (N-methyl/N-ethyl adjacent to an activating group) is 1. The van der Waals surface area contributed by atoms with E-state index in [2.05, 4.69) is 5.32 Å². The summed E-state index contributed by atoms with van der Waals surface area (Å²) >= 11 is 0. The highest BCUT2D eigenvalue weighted by atomic mass is 16.4. The zero-order valence-corrected chi connectivity index (χ0v) is 7.46. The van der Waals surface area contributed by atoms with Gasteiger partial charge in [0.1, 0.15) is 18.3 Å². The number of aliphatic hydroxyl groups excluding tert-OH is 5. The van der Waals surface area contributed by atoms with E-state index in [1.807, 2.05) is 0 Å². The van der Waals surface area contributed by atoms with Crippen LogP contribution in [-0.2, 0) is 0 Å². The van der Waals surface area contributed by atoms with Gasteiger partial charge in [0.2, 0.25) is 0 Å².